The fourth-order valence-corrected chi connectivity index (χ4v) is 3.68. The molecule has 0 bridgehead atoms. The van der Waals surface area contributed by atoms with Gasteiger partial charge in [-0.2, -0.15) is 4.31 Å². The van der Waals surface area contributed by atoms with E-state index in [0.29, 0.717) is 5.92 Å². The maximum Gasteiger partial charge on any atom is 0.335 e. The molecular formula is C13H18N2O4S. The van der Waals surface area contributed by atoms with Crippen molar-refractivity contribution in [2.24, 2.45) is 5.92 Å². The van der Waals surface area contributed by atoms with E-state index < -0.39 is 16.0 Å². The van der Waals surface area contributed by atoms with Gasteiger partial charge >= 0.3 is 5.97 Å². The summed E-state index contributed by atoms with van der Waals surface area (Å²) < 4.78 is 26.3. The number of nitrogens with two attached hydrogens (primary N) is 1. The first-order chi connectivity index (χ1) is 9.25. The summed E-state index contributed by atoms with van der Waals surface area (Å²) in [5.41, 5.74) is 5.64. The molecule has 3 N–H and O–H groups in total. The average Bonchev–Trinajstić information content (AvgIpc) is 3.20. The molecule has 1 aliphatic rings. The molecule has 7 heteroatoms. The molecule has 1 saturated carbocycles. The molecule has 0 saturated heterocycles. The van der Waals surface area contributed by atoms with Gasteiger partial charge in [0.05, 0.1) is 11.3 Å². The van der Waals surface area contributed by atoms with Crippen LogP contribution in [0.5, 0.6) is 0 Å². The van der Waals surface area contributed by atoms with Gasteiger partial charge in [-0.15, -0.1) is 0 Å². The number of hydrogen-bond donors (Lipinski definition) is 2. The van der Waals surface area contributed by atoms with Gasteiger partial charge < -0.3 is 10.8 Å². The van der Waals surface area contributed by atoms with Crippen molar-refractivity contribution in [2.75, 3.05) is 12.8 Å². The number of nitrogens with zero attached hydrogens (tertiary/aromatic N) is 1. The lowest BCUT2D eigenvalue weighted by Gasteiger charge is -2.24. The molecule has 1 aromatic rings. The van der Waals surface area contributed by atoms with Crippen molar-refractivity contribution in [2.45, 2.75) is 30.7 Å². The highest BCUT2D eigenvalue weighted by molar-refractivity contribution is 7.89. The van der Waals surface area contributed by atoms with Gasteiger partial charge in [0, 0.05) is 13.1 Å². The van der Waals surface area contributed by atoms with Crippen molar-refractivity contribution in [3.63, 3.8) is 0 Å². The van der Waals surface area contributed by atoms with Crippen molar-refractivity contribution in [1.82, 2.24) is 4.31 Å². The van der Waals surface area contributed by atoms with Crippen LogP contribution in [0.25, 0.3) is 0 Å². The van der Waals surface area contributed by atoms with Gasteiger partial charge in [-0.1, -0.05) is 0 Å². The van der Waals surface area contributed by atoms with E-state index in [4.69, 9.17) is 10.8 Å². The minimum absolute atomic E-state index is 0.0284. The average molecular weight is 298 g/mol. The molecular weight excluding hydrogens is 280 g/mol. The van der Waals surface area contributed by atoms with Crippen molar-refractivity contribution >= 4 is 21.7 Å². The van der Waals surface area contributed by atoms with E-state index in [0.717, 1.165) is 12.8 Å². The molecule has 1 fully saturated rings. The van der Waals surface area contributed by atoms with Gasteiger partial charge in [-0.05, 0) is 43.9 Å². The van der Waals surface area contributed by atoms with Crippen LogP contribution in [0, 0.1) is 5.92 Å². The SMILES string of the molecule is CC(C1CC1)N(C)S(=O)(=O)c1ccc(C(=O)O)cc1N. The first-order valence-corrected chi connectivity index (χ1v) is 7.80. The summed E-state index contributed by atoms with van der Waals surface area (Å²) in [6.45, 7) is 1.87. The van der Waals surface area contributed by atoms with Crippen LogP contribution in [0.4, 0.5) is 5.69 Å². The number of benzene rings is 1. The predicted molar refractivity (Wildman–Crippen MR) is 74.9 cm³/mol. The highest BCUT2D eigenvalue weighted by atomic mass is 32.2. The minimum Gasteiger partial charge on any atom is -0.478 e. The molecule has 0 aromatic heterocycles. The van der Waals surface area contributed by atoms with Crippen molar-refractivity contribution < 1.29 is 18.3 Å². The number of carboxylic acid groups (broad SMARTS) is 1. The fraction of sp³-hybridized carbons (Fsp3) is 0.462. The van der Waals surface area contributed by atoms with Crippen LogP contribution in [-0.2, 0) is 10.0 Å². The normalized spacial score (nSPS) is 17.1. The lowest BCUT2D eigenvalue weighted by Crippen LogP contribution is -2.36. The van der Waals surface area contributed by atoms with Crippen LogP contribution >= 0.6 is 0 Å². The Balaban J connectivity index is 2.36. The van der Waals surface area contributed by atoms with Gasteiger partial charge in [0.25, 0.3) is 0 Å². The van der Waals surface area contributed by atoms with Crippen molar-refractivity contribution in [3.8, 4) is 0 Å². The van der Waals surface area contributed by atoms with Crippen LogP contribution < -0.4 is 5.73 Å². The predicted octanol–water partition coefficient (Wildman–Crippen LogP) is 1.39. The number of nitrogen functional groups attached to an aromatic ring is 1. The highest BCUT2D eigenvalue weighted by Gasteiger charge is 2.36. The molecule has 0 spiro atoms. The Kier molecular flexibility index (Phi) is 3.75. The summed E-state index contributed by atoms with van der Waals surface area (Å²) in [7, 11) is -2.17. The van der Waals surface area contributed by atoms with Crippen LogP contribution in [0.1, 0.15) is 30.1 Å². The Labute approximate surface area is 118 Å². The van der Waals surface area contributed by atoms with Gasteiger partial charge in [-0.3, -0.25) is 0 Å². The second kappa shape index (κ2) is 5.06. The molecule has 6 nitrogen and oxygen atoms in total. The molecule has 0 heterocycles. The lowest BCUT2D eigenvalue weighted by molar-refractivity contribution is 0.0697. The Morgan fingerprint density at radius 1 is 1.45 bits per heavy atom. The molecule has 0 radical (unpaired) electrons. The number of rotatable bonds is 5. The second-order valence-corrected chi connectivity index (χ2v) is 7.12. The maximum absolute atomic E-state index is 12.5. The van der Waals surface area contributed by atoms with Gasteiger partial charge in [0.15, 0.2) is 0 Å². The van der Waals surface area contributed by atoms with Crippen LogP contribution in [0.3, 0.4) is 0 Å². The molecule has 0 amide bonds. The van der Waals surface area contributed by atoms with Crippen LogP contribution in [0.15, 0.2) is 23.1 Å². The number of hydrogen-bond acceptors (Lipinski definition) is 4. The number of anilines is 1. The summed E-state index contributed by atoms with van der Waals surface area (Å²) in [6.07, 6.45) is 2.07. The maximum atomic E-state index is 12.5. The zero-order valence-electron chi connectivity index (χ0n) is 11.4. The van der Waals surface area contributed by atoms with E-state index in [-0.39, 0.29) is 22.2 Å². The third kappa shape index (κ3) is 2.64. The zero-order chi connectivity index (χ0) is 15.1. The molecule has 1 aliphatic carbocycles. The Morgan fingerprint density at radius 2 is 2.05 bits per heavy atom. The van der Waals surface area contributed by atoms with E-state index in [2.05, 4.69) is 0 Å². The standard InChI is InChI=1S/C13H18N2O4S/c1-8(9-3-4-9)15(2)20(18,19)12-6-5-10(13(16)17)7-11(12)14/h5-9H,3-4,14H2,1-2H3,(H,16,17). The third-order valence-electron chi connectivity index (χ3n) is 3.79. The highest BCUT2D eigenvalue weighted by Crippen LogP contribution is 2.37. The molecule has 1 atom stereocenters. The Hall–Kier alpha value is -1.60. The minimum atomic E-state index is -3.70. The molecule has 20 heavy (non-hydrogen) atoms. The molecule has 2 rings (SSSR count). The van der Waals surface area contributed by atoms with E-state index in [1.807, 2.05) is 6.92 Å². The fourth-order valence-electron chi connectivity index (χ4n) is 2.17. The number of carboxylic acids is 1. The Bertz CT molecular complexity index is 638. The first kappa shape index (κ1) is 14.8. The monoisotopic (exact) mass is 298 g/mol. The smallest absolute Gasteiger partial charge is 0.335 e. The number of aromatic carboxylic acids is 1. The van der Waals surface area contributed by atoms with Crippen LogP contribution in [-0.4, -0.2) is 36.9 Å². The number of carbonyl (C=O) groups is 1. The summed E-state index contributed by atoms with van der Waals surface area (Å²) >= 11 is 0. The lowest BCUT2D eigenvalue weighted by atomic mass is 10.2. The number of sulfonamides is 1. The molecule has 110 valence electrons. The Morgan fingerprint density at radius 3 is 2.50 bits per heavy atom. The molecule has 1 unspecified atom stereocenters. The van der Waals surface area contributed by atoms with E-state index >= 15 is 0 Å². The quantitative estimate of drug-likeness (QED) is 0.800. The summed E-state index contributed by atoms with van der Waals surface area (Å²) in [6, 6.07) is 3.59. The first-order valence-electron chi connectivity index (χ1n) is 6.36. The largest absolute Gasteiger partial charge is 0.478 e. The summed E-state index contributed by atoms with van der Waals surface area (Å²) in [5, 5.41) is 8.87. The topological polar surface area (TPSA) is 101 Å². The molecule has 0 aliphatic heterocycles. The second-order valence-electron chi connectivity index (χ2n) is 5.16. The van der Waals surface area contributed by atoms with Crippen LogP contribution in [0.2, 0.25) is 0 Å². The van der Waals surface area contributed by atoms with Gasteiger partial charge in [0.1, 0.15) is 4.90 Å². The zero-order valence-corrected chi connectivity index (χ0v) is 12.2. The van der Waals surface area contributed by atoms with Crippen molar-refractivity contribution in [1.29, 1.82) is 0 Å². The third-order valence-corrected chi connectivity index (χ3v) is 5.81. The van der Waals surface area contributed by atoms with E-state index in [1.165, 1.54) is 29.6 Å². The summed E-state index contributed by atoms with van der Waals surface area (Å²) in [5.74, 6) is -0.741. The van der Waals surface area contributed by atoms with E-state index in [9.17, 15) is 13.2 Å². The van der Waals surface area contributed by atoms with E-state index in [1.54, 1.807) is 0 Å². The van der Waals surface area contributed by atoms with Gasteiger partial charge in [-0.25, -0.2) is 13.2 Å². The summed E-state index contributed by atoms with van der Waals surface area (Å²) in [4.78, 5) is 10.8. The molecule has 1 aromatic carbocycles. The van der Waals surface area contributed by atoms with Gasteiger partial charge in [0.2, 0.25) is 10.0 Å². The van der Waals surface area contributed by atoms with Crippen molar-refractivity contribution in [3.05, 3.63) is 23.8 Å².